The molecule has 3 atom stereocenters. The first-order valence-corrected chi connectivity index (χ1v) is 10.7. The van der Waals surface area contributed by atoms with Crippen molar-refractivity contribution in [3.05, 3.63) is 71.3 Å². The van der Waals surface area contributed by atoms with E-state index in [2.05, 4.69) is 67.3 Å². The summed E-state index contributed by atoms with van der Waals surface area (Å²) in [6.45, 7) is 4.54. The number of piperidine rings is 1. The van der Waals surface area contributed by atoms with Crippen LogP contribution in [-0.2, 0) is 5.60 Å². The monoisotopic (exact) mass is 363 g/mol. The molecular weight excluding hydrogens is 330 g/mol. The molecule has 0 radical (unpaired) electrons. The minimum absolute atomic E-state index is 0.482. The van der Waals surface area contributed by atoms with Gasteiger partial charge in [-0.15, -0.1) is 0 Å². The third kappa shape index (κ3) is 3.58. The minimum atomic E-state index is -0.662. The van der Waals surface area contributed by atoms with Gasteiger partial charge in [0.15, 0.2) is 0 Å². The molecule has 4 rings (SSSR count). The Bertz CT molecular complexity index is 742. The molecular formula is C25H33NO. The zero-order chi connectivity index (χ0) is 18.9. The van der Waals surface area contributed by atoms with E-state index in [0.29, 0.717) is 18.1 Å². The van der Waals surface area contributed by atoms with Gasteiger partial charge in [0, 0.05) is 18.1 Å². The van der Waals surface area contributed by atoms with Crippen LogP contribution < -0.4 is 0 Å². The fourth-order valence-corrected chi connectivity index (χ4v) is 5.58. The molecule has 0 aliphatic carbocycles. The molecule has 0 amide bonds. The molecule has 2 aliphatic heterocycles. The van der Waals surface area contributed by atoms with E-state index in [1.165, 1.54) is 43.2 Å². The third-order valence-corrected chi connectivity index (χ3v) is 6.87. The fraction of sp³-hybridized carbons (Fsp3) is 0.520. The van der Waals surface area contributed by atoms with Gasteiger partial charge in [-0.1, -0.05) is 74.4 Å². The van der Waals surface area contributed by atoms with Gasteiger partial charge in [-0.25, -0.2) is 0 Å². The molecule has 3 unspecified atom stereocenters. The highest BCUT2D eigenvalue weighted by Gasteiger charge is 2.50. The molecule has 144 valence electrons. The maximum atomic E-state index is 11.5. The largest absolute Gasteiger partial charge is 0.385 e. The zero-order valence-electron chi connectivity index (χ0n) is 16.8. The SMILES string of the molecule is CCCCC(c1ccccc1C)N1C2CCC1CC(O)(c1ccccc1)C2. The summed E-state index contributed by atoms with van der Waals surface area (Å²) in [5.41, 5.74) is 3.34. The van der Waals surface area contributed by atoms with Gasteiger partial charge in [0.05, 0.1) is 5.60 Å². The number of nitrogens with zero attached hydrogens (tertiary/aromatic N) is 1. The lowest BCUT2D eigenvalue weighted by atomic mass is 9.79. The first-order valence-electron chi connectivity index (χ1n) is 10.7. The smallest absolute Gasteiger partial charge is 0.0926 e. The lowest BCUT2D eigenvalue weighted by Gasteiger charge is -2.48. The Morgan fingerprint density at radius 3 is 2.26 bits per heavy atom. The van der Waals surface area contributed by atoms with E-state index in [4.69, 9.17) is 0 Å². The maximum Gasteiger partial charge on any atom is 0.0926 e. The van der Waals surface area contributed by atoms with Gasteiger partial charge in [-0.2, -0.15) is 0 Å². The molecule has 2 heteroatoms. The van der Waals surface area contributed by atoms with E-state index in [1.807, 2.05) is 6.07 Å². The number of aryl methyl sites for hydroxylation is 1. The zero-order valence-corrected chi connectivity index (χ0v) is 16.8. The summed E-state index contributed by atoms with van der Waals surface area (Å²) in [5, 5.41) is 11.5. The summed E-state index contributed by atoms with van der Waals surface area (Å²) in [6.07, 6.45) is 7.88. The van der Waals surface area contributed by atoms with E-state index in [9.17, 15) is 5.11 Å². The number of benzene rings is 2. The van der Waals surface area contributed by atoms with Crippen LogP contribution in [0.15, 0.2) is 54.6 Å². The van der Waals surface area contributed by atoms with Crippen molar-refractivity contribution in [2.45, 2.75) is 82.5 Å². The summed E-state index contributed by atoms with van der Waals surface area (Å²) >= 11 is 0. The average Bonchev–Trinajstić information content (AvgIpc) is 2.96. The molecule has 0 saturated carbocycles. The molecule has 27 heavy (non-hydrogen) atoms. The Hall–Kier alpha value is -1.64. The Morgan fingerprint density at radius 1 is 1.00 bits per heavy atom. The number of aliphatic hydroxyl groups is 1. The minimum Gasteiger partial charge on any atom is -0.385 e. The second-order valence-electron chi connectivity index (χ2n) is 8.65. The molecule has 2 aromatic rings. The van der Waals surface area contributed by atoms with E-state index >= 15 is 0 Å². The maximum absolute atomic E-state index is 11.5. The van der Waals surface area contributed by atoms with Crippen LogP contribution in [0.4, 0.5) is 0 Å². The standard InChI is InChI=1S/C25H33NO/c1-3-4-14-24(23-13-9-8-10-19(23)2)26-21-15-16-22(26)18-25(27,17-21)20-11-6-5-7-12-20/h5-13,21-22,24,27H,3-4,14-18H2,1-2H3. The molecule has 0 aromatic heterocycles. The second-order valence-corrected chi connectivity index (χ2v) is 8.65. The summed E-state index contributed by atoms with van der Waals surface area (Å²) < 4.78 is 0. The molecule has 2 aromatic carbocycles. The number of hydrogen-bond acceptors (Lipinski definition) is 2. The van der Waals surface area contributed by atoms with Gasteiger partial charge < -0.3 is 5.11 Å². The Kier molecular flexibility index (Phi) is 5.39. The van der Waals surface area contributed by atoms with E-state index in [0.717, 1.165) is 18.4 Å². The molecule has 2 saturated heterocycles. The Balaban J connectivity index is 1.63. The normalized spacial score (nSPS) is 29.0. The van der Waals surface area contributed by atoms with Crippen molar-refractivity contribution in [3.8, 4) is 0 Å². The average molecular weight is 364 g/mol. The molecule has 2 heterocycles. The highest BCUT2D eigenvalue weighted by molar-refractivity contribution is 5.31. The number of hydrogen-bond donors (Lipinski definition) is 1. The van der Waals surface area contributed by atoms with Crippen LogP contribution in [-0.4, -0.2) is 22.1 Å². The number of rotatable bonds is 6. The first kappa shape index (κ1) is 18.7. The topological polar surface area (TPSA) is 23.5 Å². The number of unbranched alkanes of at least 4 members (excludes halogenated alkanes) is 1. The predicted octanol–water partition coefficient (Wildman–Crippen LogP) is 5.74. The molecule has 2 aliphatic rings. The highest BCUT2D eigenvalue weighted by Crippen LogP contribution is 2.50. The van der Waals surface area contributed by atoms with E-state index < -0.39 is 5.60 Å². The van der Waals surface area contributed by atoms with Gasteiger partial charge in [-0.05, 0) is 55.7 Å². The van der Waals surface area contributed by atoms with Crippen LogP contribution in [0.2, 0.25) is 0 Å². The van der Waals surface area contributed by atoms with Crippen molar-refractivity contribution >= 4 is 0 Å². The van der Waals surface area contributed by atoms with Crippen LogP contribution in [0.25, 0.3) is 0 Å². The summed E-state index contributed by atoms with van der Waals surface area (Å²) in [7, 11) is 0. The van der Waals surface area contributed by atoms with Crippen molar-refractivity contribution in [1.29, 1.82) is 0 Å². The van der Waals surface area contributed by atoms with Crippen molar-refractivity contribution in [2.75, 3.05) is 0 Å². The van der Waals surface area contributed by atoms with Crippen molar-refractivity contribution in [3.63, 3.8) is 0 Å². The van der Waals surface area contributed by atoms with Crippen LogP contribution in [0.5, 0.6) is 0 Å². The quantitative estimate of drug-likeness (QED) is 0.707. The third-order valence-electron chi connectivity index (χ3n) is 6.87. The molecule has 2 nitrogen and oxygen atoms in total. The predicted molar refractivity (Wildman–Crippen MR) is 112 cm³/mol. The number of fused-ring (bicyclic) bond motifs is 2. The molecule has 1 N–H and O–H groups in total. The van der Waals surface area contributed by atoms with Crippen LogP contribution >= 0.6 is 0 Å². The molecule has 0 spiro atoms. The molecule has 2 bridgehead atoms. The van der Waals surface area contributed by atoms with Crippen molar-refractivity contribution < 1.29 is 5.11 Å². The van der Waals surface area contributed by atoms with Gasteiger partial charge >= 0.3 is 0 Å². The Morgan fingerprint density at radius 2 is 1.63 bits per heavy atom. The summed E-state index contributed by atoms with van der Waals surface area (Å²) in [6, 6.07) is 20.7. The van der Waals surface area contributed by atoms with Gasteiger partial charge in [0.2, 0.25) is 0 Å². The summed E-state index contributed by atoms with van der Waals surface area (Å²) in [5.74, 6) is 0. The van der Waals surface area contributed by atoms with Crippen LogP contribution in [0, 0.1) is 6.92 Å². The van der Waals surface area contributed by atoms with Crippen LogP contribution in [0.3, 0.4) is 0 Å². The van der Waals surface area contributed by atoms with E-state index in [1.54, 1.807) is 0 Å². The van der Waals surface area contributed by atoms with Crippen molar-refractivity contribution in [1.82, 2.24) is 4.90 Å². The lowest BCUT2D eigenvalue weighted by Crippen LogP contribution is -2.51. The highest BCUT2D eigenvalue weighted by atomic mass is 16.3. The van der Waals surface area contributed by atoms with Crippen molar-refractivity contribution in [2.24, 2.45) is 0 Å². The summed E-state index contributed by atoms with van der Waals surface area (Å²) in [4.78, 5) is 2.79. The first-order chi connectivity index (χ1) is 13.1. The Labute approximate surface area is 164 Å². The van der Waals surface area contributed by atoms with Crippen LogP contribution in [0.1, 0.15) is 74.6 Å². The second kappa shape index (κ2) is 7.77. The van der Waals surface area contributed by atoms with Gasteiger partial charge in [0.25, 0.3) is 0 Å². The van der Waals surface area contributed by atoms with Gasteiger partial charge in [0.1, 0.15) is 0 Å². The molecule has 2 fully saturated rings. The van der Waals surface area contributed by atoms with E-state index in [-0.39, 0.29) is 0 Å². The van der Waals surface area contributed by atoms with Gasteiger partial charge in [-0.3, -0.25) is 4.90 Å². The fourth-order valence-electron chi connectivity index (χ4n) is 5.58. The lowest BCUT2D eigenvalue weighted by molar-refractivity contribution is -0.0716.